The molecule has 0 saturated carbocycles. The average Bonchev–Trinajstić information content (AvgIpc) is 2.54. The van der Waals surface area contributed by atoms with Crippen molar-refractivity contribution in [2.24, 2.45) is 0 Å². The minimum absolute atomic E-state index is 0.516. The summed E-state index contributed by atoms with van der Waals surface area (Å²) in [5.41, 5.74) is 1.08. The zero-order valence-corrected chi connectivity index (χ0v) is 12.0. The van der Waals surface area contributed by atoms with Crippen LogP contribution in [0.3, 0.4) is 0 Å². The first-order valence-corrected chi connectivity index (χ1v) is 8.08. The predicted molar refractivity (Wildman–Crippen MR) is 82.8 cm³/mol. The Hall–Kier alpha value is -2.35. The maximum absolute atomic E-state index is 13.2. The van der Waals surface area contributed by atoms with Gasteiger partial charge in [-0.1, -0.05) is 55.5 Å². The Morgan fingerprint density at radius 1 is 0.850 bits per heavy atom. The van der Waals surface area contributed by atoms with Gasteiger partial charge in [0.05, 0.1) is 13.1 Å². The standard InChI is InChI=1S/C16H13N2OP/c1-4-20(19,15-9-5-13(17-2)6-10-15)16-11-7-14(18-3)8-12-16/h5-12H,4H2,1H3. The Labute approximate surface area is 118 Å². The molecule has 98 valence electrons. The smallest absolute Gasteiger partial charge is 0.187 e. The monoisotopic (exact) mass is 280 g/mol. The molecule has 0 fully saturated rings. The first kappa shape index (κ1) is 14.1. The molecular formula is C16H13N2OP. The molecule has 0 unspecified atom stereocenters. The van der Waals surface area contributed by atoms with Crippen molar-refractivity contribution in [2.75, 3.05) is 6.16 Å². The minimum Gasteiger partial charge on any atom is -0.314 e. The molecule has 0 bridgehead atoms. The fourth-order valence-electron chi connectivity index (χ4n) is 2.05. The number of benzene rings is 2. The van der Waals surface area contributed by atoms with E-state index in [9.17, 15) is 4.57 Å². The van der Waals surface area contributed by atoms with Crippen LogP contribution < -0.4 is 10.6 Å². The Balaban J connectivity index is 2.49. The first-order chi connectivity index (χ1) is 9.63. The van der Waals surface area contributed by atoms with Crippen molar-refractivity contribution in [3.05, 3.63) is 71.4 Å². The van der Waals surface area contributed by atoms with E-state index in [0.717, 1.165) is 10.6 Å². The van der Waals surface area contributed by atoms with Crippen molar-refractivity contribution in [3.8, 4) is 0 Å². The summed E-state index contributed by atoms with van der Waals surface area (Å²) < 4.78 is 13.2. The molecule has 0 amide bonds. The molecule has 3 nitrogen and oxygen atoms in total. The molecule has 0 atom stereocenters. The van der Waals surface area contributed by atoms with Crippen LogP contribution >= 0.6 is 7.14 Å². The van der Waals surface area contributed by atoms with E-state index >= 15 is 0 Å². The third-order valence-electron chi connectivity index (χ3n) is 3.24. The minimum atomic E-state index is -2.67. The van der Waals surface area contributed by atoms with E-state index in [1.165, 1.54) is 0 Å². The van der Waals surface area contributed by atoms with Gasteiger partial charge >= 0.3 is 0 Å². The van der Waals surface area contributed by atoms with Gasteiger partial charge in [-0.2, -0.15) is 0 Å². The van der Waals surface area contributed by atoms with E-state index in [4.69, 9.17) is 13.1 Å². The lowest BCUT2D eigenvalue weighted by Crippen LogP contribution is -2.17. The van der Waals surface area contributed by atoms with E-state index in [0.29, 0.717) is 17.5 Å². The van der Waals surface area contributed by atoms with Crippen LogP contribution in [0.25, 0.3) is 9.69 Å². The maximum atomic E-state index is 13.2. The van der Waals surface area contributed by atoms with Crippen LogP contribution in [0.15, 0.2) is 48.5 Å². The molecule has 4 heteroatoms. The van der Waals surface area contributed by atoms with Crippen LogP contribution in [0.2, 0.25) is 0 Å². The summed E-state index contributed by atoms with van der Waals surface area (Å²) in [6.07, 6.45) is 0.516. The van der Waals surface area contributed by atoms with Crippen LogP contribution in [0.1, 0.15) is 6.92 Å². The molecule has 0 saturated heterocycles. The van der Waals surface area contributed by atoms with Crippen molar-refractivity contribution < 1.29 is 4.57 Å². The lowest BCUT2D eigenvalue weighted by Gasteiger charge is -2.17. The Bertz CT molecular complexity index is 673. The highest BCUT2D eigenvalue weighted by Crippen LogP contribution is 2.43. The first-order valence-electron chi connectivity index (χ1n) is 6.19. The van der Waals surface area contributed by atoms with Crippen LogP contribution in [0, 0.1) is 13.1 Å². The molecule has 0 aliphatic carbocycles. The third kappa shape index (κ3) is 2.50. The van der Waals surface area contributed by atoms with Gasteiger partial charge in [-0.15, -0.1) is 0 Å². The van der Waals surface area contributed by atoms with Gasteiger partial charge in [0.1, 0.15) is 7.14 Å². The summed E-state index contributed by atoms with van der Waals surface area (Å²) in [6.45, 7) is 15.8. The molecule has 2 aromatic rings. The van der Waals surface area contributed by atoms with Crippen LogP contribution in [-0.2, 0) is 4.57 Å². The van der Waals surface area contributed by atoms with E-state index in [2.05, 4.69) is 9.69 Å². The molecule has 0 aliphatic rings. The zero-order valence-electron chi connectivity index (χ0n) is 11.1. The van der Waals surface area contributed by atoms with Gasteiger partial charge in [0, 0.05) is 16.8 Å². The lowest BCUT2D eigenvalue weighted by atomic mass is 10.3. The number of nitrogens with zero attached hydrogens (tertiary/aromatic N) is 2. The highest BCUT2D eigenvalue weighted by molar-refractivity contribution is 7.78. The van der Waals surface area contributed by atoms with Crippen molar-refractivity contribution >= 4 is 29.1 Å². The van der Waals surface area contributed by atoms with Crippen LogP contribution in [-0.4, -0.2) is 6.16 Å². The molecule has 0 radical (unpaired) electrons. The highest BCUT2D eigenvalue weighted by atomic mass is 31.2. The molecule has 2 aromatic carbocycles. The SMILES string of the molecule is [C-]#[N+]c1ccc(P(=O)(CC)c2ccc([N+]#[C-])cc2)cc1. The van der Waals surface area contributed by atoms with Gasteiger partial charge in [-0.25, -0.2) is 9.69 Å². The molecule has 20 heavy (non-hydrogen) atoms. The summed E-state index contributed by atoms with van der Waals surface area (Å²) >= 11 is 0. The average molecular weight is 280 g/mol. The molecule has 0 N–H and O–H groups in total. The Morgan fingerprint density at radius 3 is 1.45 bits per heavy atom. The number of rotatable bonds is 3. The van der Waals surface area contributed by atoms with E-state index in [-0.39, 0.29) is 0 Å². The van der Waals surface area contributed by atoms with Gasteiger partial charge in [0.15, 0.2) is 11.4 Å². The number of hydrogen-bond acceptors (Lipinski definition) is 1. The molecular weight excluding hydrogens is 267 g/mol. The summed E-state index contributed by atoms with van der Waals surface area (Å²) in [4.78, 5) is 6.68. The van der Waals surface area contributed by atoms with Gasteiger partial charge in [0.25, 0.3) is 0 Å². The second kappa shape index (κ2) is 5.74. The summed E-state index contributed by atoms with van der Waals surface area (Å²) in [7, 11) is -2.67. The fourth-order valence-corrected chi connectivity index (χ4v) is 4.34. The Morgan fingerprint density at radius 2 is 1.20 bits per heavy atom. The Kier molecular flexibility index (Phi) is 4.04. The summed E-state index contributed by atoms with van der Waals surface area (Å²) in [5, 5.41) is 1.51. The zero-order chi connectivity index (χ0) is 14.6. The van der Waals surface area contributed by atoms with E-state index in [1.807, 2.05) is 6.92 Å². The van der Waals surface area contributed by atoms with Crippen molar-refractivity contribution in [1.29, 1.82) is 0 Å². The predicted octanol–water partition coefficient (Wildman–Crippen LogP) is 4.12. The highest BCUT2D eigenvalue weighted by Gasteiger charge is 2.24. The van der Waals surface area contributed by atoms with Gasteiger partial charge in [0.2, 0.25) is 0 Å². The van der Waals surface area contributed by atoms with E-state index < -0.39 is 7.14 Å². The lowest BCUT2D eigenvalue weighted by molar-refractivity contribution is 0.587. The summed E-state index contributed by atoms with van der Waals surface area (Å²) in [5.74, 6) is 0. The second-order valence-corrected chi connectivity index (χ2v) is 7.46. The fraction of sp³-hybridized carbons (Fsp3) is 0.125. The van der Waals surface area contributed by atoms with Crippen molar-refractivity contribution in [1.82, 2.24) is 0 Å². The van der Waals surface area contributed by atoms with Gasteiger partial charge in [-0.3, -0.25) is 0 Å². The van der Waals surface area contributed by atoms with Gasteiger partial charge in [-0.05, 0) is 0 Å². The topological polar surface area (TPSA) is 25.8 Å². The van der Waals surface area contributed by atoms with Gasteiger partial charge < -0.3 is 4.57 Å². The van der Waals surface area contributed by atoms with E-state index in [1.54, 1.807) is 48.5 Å². The molecule has 0 spiro atoms. The molecule has 0 heterocycles. The normalized spacial score (nSPS) is 10.6. The molecule has 0 aromatic heterocycles. The summed E-state index contributed by atoms with van der Waals surface area (Å²) in [6, 6.07) is 13.8. The molecule has 0 aliphatic heterocycles. The number of hydrogen-bond donors (Lipinski definition) is 0. The van der Waals surface area contributed by atoms with Crippen LogP contribution in [0.5, 0.6) is 0 Å². The third-order valence-corrected chi connectivity index (χ3v) is 6.39. The quantitative estimate of drug-likeness (QED) is 0.613. The van der Waals surface area contributed by atoms with Crippen molar-refractivity contribution in [2.45, 2.75) is 6.92 Å². The van der Waals surface area contributed by atoms with Crippen LogP contribution in [0.4, 0.5) is 11.4 Å². The van der Waals surface area contributed by atoms with Crippen molar-refractivity contribution in [3.63, 3.8) is 0 Å². The second-order valence-electron chi connectivity index (χ2n) is 4.31. The molecule has 2 rings (SSSR count). The maximum Gasteiger partial charge on any atom is 0.187 e. The largest absolute Gasteiger partial charge is 0.314 e.